The molecule has 15 heavy (non-hydrogen) atoms. The molecule has 0 fully saturated rings. The Labute approximate surface area is 91.1 Å². The largest absolute Gasteiger partial charge is 0.508 e. The Morgan fingerprint density at radius 1 is 1.47 bits per heavy atom. The van der Waals surface area contributed by atoms with Gasteiger partial charge in [-0.2, -0.15) is 0 Å². The van der Waals surface area contributed by atoms with Crippen LogP contribution in [0.25, 0.3) is 0 Å². The van der Waals surface area contributed by atoms with Crippen LogP contribution in [0.4, 0.5) is 5.69 Å². The molecule has 3 heteroatoms. The van der Waals surface area contributed by atoms with E-state index < -0.39 is 0 Å². The molecule has 0 heterocycles. The van der Waals surface area contributed by atoms with Gasteiger partial charge >= 0.3 is 0 Å². The van der Waals surface area contributed by atoms with Gasteiger partial charge in [0.25, 0.3) is 0 Å². The van der Waals surface area contributed by atoms with E-state index in [1.54, 1.807) is 13.2 Å². The number of phenolic OH excluding ortho intramolecular Hbond substituents is 1. The van der Waals surface area contributed by atoms with Crippen LogP contribution in [0.15, 0.2) is 18.2 Å². The molecule has 84 valence electrons. The van der Waals surface area contributed by atoms with Gasteiger partial charge in [0.15, 0.2) is 0 Å². The molecule has 0 amide bonds. The first kappa shape index (κ1) is 11.9. The summed E-state index contributed by atoms with van der Waals surface area (Å²) >= 11 is 0. The second kappa shape index (κ2) is 5.61. The lowest BCUT2D eigenvalue weighted by Crippen LogP contribution is -2.23. The molecule has 0 saturated carbocycles. The molecule has 0 aliphatic carbocycles. The van der Waals surface area contributed by atoms with E-state index in [1.165, 1.54) is 0 Å². The fourth-order valence-electron chi connectivity index (χ4n) is 1.44. The van der Waals surface area contributed by atoms with Crippen molar-refractivity contribution in [1.29, 1.82) is 0 Å². The molecule has 1 aromatic carbocycles. The van der Waals surface area contributed by atoms with Gasteiger partial charge in [-0.25, -0.2) is 0 Å². The van der Waals surface area contributed by atoms with Crippen LogP contribution >= 0.6 is 0 Å². The average Bonchev–Trinajstić information content (AvgIpc) is 2.23. The second-order valence-electron chi connectivity index (χ2n) is 3.71. The summed E-state index contributed by atoms with van der Waals surface area (Å²) in [5.74, 6) is 0.334. The van der Waals surface area contributed by atoms with Crippen LogP contribution in [0.5, 0.6) is 5.75 Å². The van der Waals surface area contributed by atoms with Crippen LogP contribution in [-0.4, -0.2) is 24.9 Å². The number of anilines is 1. The summed E-state index contributed by atoms with van der Waals surface area (Å²) in [6, 6.07) is 5.84. The number of methoxy groups -OCH3 is 1. The first-order chi connectivity index (χ1) is 7.17. The SMILES string of the molecule is CCC(COC)Nc1ccc(O)c(C)c1. The Hall–Kier alpha value is -1.22. The Morgan fingerprint density at radius 3 is 2.73 bits per heavy atom. The highest BCUT2D eigenvalue weighted by Gasteiger charge is 2.06. The van der Waals surface area contributed by atoms with Crippen molar-refractivity contribution in [2.45, 2.75) is 26.3 Å². The lowest BCUT2D eigenvalue weighted by molar-refractivity contribution is 0.184. The summed E-state index contributed by atoms with van der Waals surface area (Å²) in [6.07, 6.45) is 1.01. The van der Waals surface area contributed by atoms with Gasteiger partial charge in [-0.1, -0.05) is 6.92 Å². The van der Waals surface area contributed by atoms with Crippen LogP contribution in [0.3, 0.4) is 0 Å². The summed E-state index contributed by atoms with van der Waals surface area (Å²) in [7, 11) is 1.70. The standard InChI is InChI=1S/C12H19NO2/c1-4-10(8-15-3)13-11-5-6-12(14)9(2)7-11/h5-7,10,13-14H,4,8H2,1-3H3. The van der Waals surface area contributed by atoms with Gasteiger partial charge in [0.1, 0.15) is 5.75 Å². The summed E-state index contributed by atoms with van der Waals surface area (Å²) in [5, 5.41) is 12.7. The monoisotopic (exact) mass is 209 g/mol. The highest BCUT2D eigenvalue weighted by molar-refractivity contribution is 5.50. The molecular formula is C12H19NO2. The van der Waals surface area contributed by atoms with Gasteiger partial charge < -0.3 is 15.2 Å². The minimum Gasteiger partial charge on any atom is -0.508 e. The molecule has 1 atom stereocenters. The first-order valence-electron chi connectivity index (χ1n) is 5.22. The minimum atomic E-state index is 0.318. The zero-order valence-electron chi connectivity index (χ0n) is 9.58. The van der Waals surface area contributed by atoms with E-state index in [0.717, 1.165) is 17.7 Å². The Balaban J connectivity index is 2.66. The van der Waals surface area contributed by atoms with Crippen molar-refractivity contribution in [3.63, 3.8) is 0 Å². The predicted octanol–water partition coefficient (Wildman–Crippen LogP) is 2.54. The average molecular weight is 209 g/mol. The van der Waals surface area contributed by atoms with E-state index in [0.29, 0.717) is 18.4 Å². The van der Waals surface area contributed by atoms with E-state index in [-0.39, 0.29) is 0 Å². The highest BCUT2D eigenvalue weighted by atomic mass is 16.5. The molecule has 0 aliphatic rings. The molecule has 0 spiro atoms. The lowest BCUT2D eigenvalue weighted by Gasteiger charge is -2.17. The summed E-state index contributed by atoms with van der Waals surface area (Å²) in [4.78, 5) is 0. The second-order valence-corrected chi connectivity index (χ2v) is 3.71. The van der Waals surface area contributed by atoms with E-state index >= 15 is 0 Å². The normalized spacial score (nSPS) is 12.5. The summed E-state index contributed by atoms with van der Waals surface area (Å²) in [6.45, 7) is 4.69. The lowest BCUT2D eigenvalue weighted by atomic mass is 10.1. The maximum absolute atomic E-state index is 9.39. The topological polar surface area (TPSA) is 41.5 Å². The van der Waals surface area contributed by atoms with E-state index in [4.69, 9.17) is 4.74 Å². The molecule has 2 N–H and O–H groups in total. The molecule has 1 aromatic rings. The molecule has 0 aliphatic heterocycles. The van der Waals surface area contributed by atoms with Gasteiger partial charge in [0.05, 0.1) is 6.61 Å². The zero-order chi connectivity index (χ0) is 11.3. The maximum atomic E-state index is 9.39. The Kier molecular flexibility index (Phi) is 4.43. The zero-order valence-corrected chi connectivity index (χ0v) is 9.58. The Bertz CT molecular complexity index is 312. The number of aryl methyl sites for hydroxylation is 1. The number of benzene rings is 1. The van der Waals surface area contributed by atoms with E-state index in [1.807, 2.05) is 19.1 Å². The number of ether oxygens (including phenoxy) is 1. The van der Waals surface area contributed by atoms with Crippen LogP contribution in [0.1, 0.15) is 18.9 Å². The molecule has 0 radical (unpaired) electrons. The fraction of sp³-hybridized carbons (Fsp3) is 0.500. The number of hydrogen-bond acceptors (Lipinski definition) is 3. The van der Waals surface area contributed by atoms with Gasteiger partial charge in [0.2, 0.25) is 0 Å². The van der Waals surface area contributed by atoms with Crippen LogP contribution in [0.2, 0.25) is 0 Å². The maximum Gasteiger partial charge on any atom is 0.118 e. The van der Waals surface area contributed by atoms with Crippen molar-refractivity contribution >= 4 is 5.69 Å². The number of nitrogens with one attached hydrogen (secondary N) is 1. The number of rotatable bonds is 5. The van der Waals surface area contributed by atoms with Gasteiger partial charge in [-0.3, -0.25) is 0 Å². The summed E-state index contributed by atoms with van der Waals surface area (Å²) in [5.41, 5.74) is 1.90. The number of hydrogen-bond donors (Lipinski definition) is 2. The quantitative estimate of drug-likeness (QED) is 0.732. The minimum absolute atomic E-state index is 0.318. The molecule has 1 rings (SSSR count). The first-order valence-corrected chi connectivity index (χ1v) is 5.22. The fourth-order valence-corrected chi connectivity index (χ4v) is 1.44. The number of aromatic hydroxyl groups is 1. The predicted molar refractivity (Wildman–Crippen MR) is 62.4 cm³/mol. The van der Waals surface area contributed by atoms with Crippen LogP contribution in [0, 0.1) is 6.92 Å². The van der Waals surface area contributed by atoms with Crippen LogP contribution in [-0.2, 0) is 4.74 Å². The Morgan fingerprint density at radius 2 is 2.20 bits per heavy atom. The third-order valence-corrected chi connectivity index (χ3v) is 2.43. The van der Waals surface area contributed by atoms with Gasteiger partial charge in [-0.15, -0.1) is 0 Å². The molecule has 3 nitrogen and oxygen atoms in total. The number of phenols is 1. The van der Waals surface area contributed by atoms with Crippen molar-refractivity contribution in [2.24, 2.45) is 0 Å². The van der Waals surface area contributed by atoms with Crippen molar-refractivity contribution in [3.8, 4) is 5.75 Å². The van der Waals surface area contributed by atoms with Gasteiger partial charge in [0, 0.05) is 18.8 Å². The third kappa shape index (κ3) is 3.44. The highest BCUT2D eigenvalue weighted by Crippen LogP contribution is 2.20. The van der Waals surface area contributed by atoms with E-state index in [2.05, 4.69) is 12.2 Å². The molecule has 0 bridgehead atoms. The molecule has 0 aromatic heterocycles. The van der Waals surface area contributed by atoms with Gasteiger partial charge in [-0.05, 0) is 37.1 Å². The van der Waals surface area contributed by atoms with Crippen molar-refractivity contribution in [2.75, 3.05) is 19.0 Å². The molecule has 1 unspecified atom stereocenters. The van der Waals surface area contributed by atoms with Crippen molar-refractivity contribution in [1.82, 2.24) is 0 Å². The third-order valence-electron chi connectivity index (χ3n) is 2.43. The van der Waals surface area contributed by atoms with E-state index in [9.17, 15) is 5.11 Å². The van der Waals surface area contributed by atoms with Crippen LogP contribution < -0.4 is 5.32 Å². The van der Waals surface area contributed by atoms with Crippen molar-refractivity contribution in [3.05, 3.63) is 23.8 Å². The van der Waals surface area contributed by atoms with Crippen molar-refractivity contribution < 1.29 is 9.84 Å². The molecule has 0 saturated heterocycles. The smallest absolute Gasteiger partial charge is 0.118 e. The molecular weight excluding hydrogens is 190 g/mol. The summed E-state index contributed by atoms with van der Waals surface area (Å²) < 4.78 is 5.11.